The molecule has 3 atom stereocenters. The van der Waals surface area contributed by atoms with Crippen molar-refractivity contribution in [2.45, 2.75) is 77.4 Å². The minimum absolute atomic E-state index is 0.0599. The molecule has 2 heterocycles. The summed E-state index contributed by atoms with van der Waals surface area (Å²) in [5.41, 5.74) is 1.12. The van der Waals surface area contributed by atoms with Crippen molar-refractivity contribution < 1.29 is 14.7 Å². The lowest BCUT2D eigenvalue weighted by Crippen LogP contribution is -2.46. The molecule has 1 aliphatic carbocycles. The number of carbonyl (C=O) groups is 2. The van der Waals surface area contributed by atoms with Crippen LogP contribution in [0.1, 0.15) is 68.9 Å². The van der Waals surface area contributed by atoms with E-state index in [4.69, 9.17) is 0 Å². The van der Waals surface area contributed by atoms with E-state index in [9.17, 15) is 14.7 Å². The molecule has 1 saturated heterocycles. The number of rotatable bonds is 2. The van der Waals surface area contributed by atoms with E-state index in [1.165, 1.54) is 0 Å². The number of aliphatic carboxylic acids is 1. The number of likely N-dealkylation sites (tertiary alicyclic amines) is 1. The van der Waals surface area contributed by atoms with Crippen LogP contribution in [0.3, 0.4) is 0 Å². The molecule has 1 aliphatic heterocycles. The van der Waals surface area contributed by atoms with E-state index in [0.717, 1.165) is 31.4 Å². The fourth-order valence-corrected chi connectivity index (χ4v) is 4.41. The van der Waals surface area contributed by atoms with Gasteiger partial charge in [0.1, 0.15) is 6.04 Å². The Balaban J connectivity index is 1.95. The number of carboxylic acids is 1. The van der Waals surface area contributed by atoms with Gasteiger partial charge < -0.3 is 10.0 Å². The second-order valence-corrected chi connectivity index (χ2v) is 8.14. The van der Waals surface area contributed by atoms with Crippen LogP contribution < -0.4 is 0 Å². The molecule has 3 rings (SSSR count). The molecule has 0 spiro atoms. The molecule has 6 heteroatoms. The third kappa shape index (κ3) is 2.72. The minimum atomic E-state index is -0.890. The monoisotopic (exact) mass is 333 g/mol. The van der Waals surface area contributed by atoms with Crippen molar-refractivity contribution in [3.8, 4) is 0 Å². The van der Waals surface area contributed by atoms with Crippen molar-refractivity contribution in [3.63, 3.8) is 0 Å². The lowest BCUT2D eigenvalue weighted by atomic mass is 9.84. The average molecular weight is 333 g/mol. The van der Waals surface area contributed by atoms with Gasteiger partial charge >= 0.3 is 5.97 Å². The summed E-state index contributed by atoms with van der Waals surface area (Å²) in [6.45, 7) is 7.99. The Morgan fingerprint density at radius 3 is 2.50 bits per heavy atom. The van der Waals surface area contributed by atoms with Gasteiger partial charge in [-0.2, -0.15) is 5.10 Å². The van der Waals surface area contributed by atoms with E-state index < -0.39 is 12.0 Å². The van der Waals surface area contributed by atoms with Crippen LogP contribution in [0.4, 0.5) is 0 Å². The summed E-state index contributed by atoms with van der Waals surface area (Å²) in [6.07, 6.45) is 6.31. The first-order valence-corrected chi connectivity index (χ1v) is 8.82. The summed E-state index contributed by atoms with van der Waals surface area (Å²) in [6, 6.07) is -0.646. The molecule has 1 saturated carbocycles. The Hall–Kier alpha value is -1.85. The van der Waals surface area contributed by atoms with E-state index >= 15 is 0 Å². The zero-order valence-corrected chi connectivity index (χ0v) is 15.0. The number of aromatic nitrogens is 2. The molecule has 1 amide bonds. The van der Waals surface area contributed by atoms with Gasteiger partial charge in [0, 0.05) is 11.7 Å². The highest BCUT2D eigenvalue weighted by Crippen LogP contribution is 2.40. The predicted octanol–water partition coefficient (Wildman–Crippen LogP) is 2.80. The summed E-state index contributed by atoms with van der Waals surface area (Å²) in [4.78, 5) is 26.6. The predicted molar refractivity (Wildman–Crippen MR) is 89.9 cm³/mol. The van der Waals surface area contributed by atoms with Crippen molar-refractivity contribution in [1.82, 2.24) is 14.7 Å². The summed E-state index contributed by atoms with van der Waals surface area (Å²) < 4.78 is 1.84. The molecule has 132 valence electrons. The summed E-state index contributed by atoms with van der Waals surface area (Å²) >= 11 is 0. The fraction of sp³-hybridized carbons (Fsp3) is 0.722. The molecular formula is C18H27N3O3. The van der Waals surface area contributed by atoms with E-state index in [1.54, 1.807) is 11.1 Å². The molecule has 1 aromatic heterocycles. The van der Waals surface area contributed by atoms with Gasteiger partial charge in [-0.15, -0.1) is 0 Å². The largest absolute Gasteiger partial charge is 0.480 e. The number of carbonyl (C=O) groups excluding carboxylic acids is 1. The standard InChI is InChI=1S/C18H27N3O3/c1-11-13(10-19-21(11)18(2,3)4)16(22)20-14-8-6-5-7-12(14)9-15(20)17(23)24/h10,12,14-15H,5-9H2,1-4H3,(H,23,24)/t12-,14+,15-/m0/s1. The van der Waals surface area contributed by atoms with Gasteiger partial charge in [0.25, 0.3) is 5.91 Å². The summed E-state index contributed by atoms with van der Waals surface area (Å²) in [5.74, 6) is -0.745. The van der Waals surface area contributed by atoms with Gasteiger partial charge in [0.2, 0.25) is 0 Å². The van der Waals surface area contributed by atoms with Crippen LogP contribution in [0.25, 0.3) is 0 Å². The average Bonchev–Trinajstić information content (AvgIpc) is 3.06. The van der Waals surface area contributed by atoms with E-state index in [0.29, 0.717) is 17.9 Å². The van der Waals surface area contributed by atoms with E-state index in [2.05, 4.69) is 5.10 Å². The van der Waals surface area contributed by atoms with Crippen LogP contribution in [0, 0.1) is 12.8 Å². The SMILES string of the molecule is Cc1c(C(=O)N2[C@@H]3CCCC[C@H]3C[C@H]2C(=O)O)cnn1C(C)(C)C. The van der Waals surface area contributed by atoms with Gasteiger partial charge in [0.15, 0.2) is 0 Å². The first-order valence-electron chi connectivity index (χ1n) is 8.82. The van der Waals surface area contributed by atoms with Gasteiger partial charge in [-0.25, -0.2) is 4.79 Å². The molecule has 6 nitrogen and oxygen atoms in total. The maximum atomic E-state index is 13.2. The number of fused-ring (bicyclic) bond motifs is 1. The maximum absolute atomic E-state index is 13.2. The summed E-state index contributed by atoms with van der Waals surface area (Å²) in [5, 5.41) is 14.0. The Kier molecular flexibility index (Phi) is 4.18. The van der Waals surface area contributed by atoms with Crippen molar-refractivity contribution in [1.29, 1.82) is 0 Å². The number of hydrogen-bond acceptors (Lipinski definition) is 3. The smallest absolute Gasteiger partial charge is 0.326 e. The lowest BCUT2D eigenvalue weighted by Gasteiger charge is -2.33. The third-order valence-corrected chi connectivity index (χ3v) is 5.48. The van der Waals surface area contributed by atoms with Crippen molar-refractivity contribution in [2.75, 3.05) is 0 Å². The molecule has 1 aromatic rings. The topological polar surface area (TPSA) is 75.4 Å². The zero-order valence-electron chi connectivity index (χ0n) is 15.0. The van der Waals surface area contributed by atoms with Crippen LogP contribution in [-0.4, -0.2) is 43.7 Å². The molecular weight excluding hydrogens is 306 g/mol. The molecule has 0 bridgehead atoms. The first kappa shape index (κ1) is 17.0. The highest BCUT2D eigenvalue weighted by Gasteiger charge is 2.48. The van der Waals surface area contributed by atoms with Gasteiger partial charge in [-0.1, -0.05) is 12.8 Å². The second-order valence-electron chi connectivity index (χ2n) is 8.14. The van der Waals surface area contributed by atoms with Crippen LogP contribution >= 0.6 is 0 Å². The van der Waals surface area contributed by atoms with Crippen molar-refractivity contribution >= 4 is 11.9 Å². The molecule has 2 aliphatic rings. The van der Waals surface area contributed by atoms with Gasteiger partial charge in [0.05, 0.1) is 17.3 Å². The van der Waals surface area contributed by atoms with Crippen LogP contribution in [0.5, 0.6) is 0 Å². The lowest BCUT2D eigenvalue weighted by molar-refractivity contribution is -0.141. The Morgan fingerprint density at radius 1 is 1.25 bits per heavy atom. The maximum Gasteiger partial charge on any atom is 0.326 e. The van der Waals surface area contributed by atoms with Crippen LogP contribution in [-0.2, 0) is 10.3 Å². The quantitative estimate of drug-likeness (QED) is 0.903. The summed E-state index contributed by atoms with van der Waals surface area (Å²) in [7, 11) is 0. The minimum Gasteiger partial charge on any atom is -0.480 e. The van der Waals surface area contributed by atoms with Crippen LogP contribution in [0.15, 0.2) is 6.20 Å². The zero-order chi connectivity index (χ0) is 17.6. The van der Waals surface area contributed by atoms with E-state index in [1.807, 2.05) is 32.4 Å². The molecule has 24 heavy (non-hydrogen) atoms. The molecule has 0 aromatic carbocycles. The third-order valence-electron chi connectivity index (χ3n) is 5.48. The molecule has 0 radical (unpaired) electrons. The van der Waals surface area contributed by atoms with E-state index in [-0.39, 0.29) is 17.5 Å². The Labute approximate surface area is 142 Å². The number of amides is 1. The van der Waals surface area contributed by atoms with Crippen molar-refractivity contribution in [2.24, 2.45) is 5.92 Å². The highest BCUT2D eigenvalue weighted by atomic mass is 16.4. The number of nitrogens with zero attached hydrogens (tertiary/aromatic N) is 3. The van der Waals surface area contributed by atoms with Crippen LogP contribution in [0.2, 0.25) is 0 Å². The molecule has 1 N–H and O–H groups in total. The van der Waals surface area contributed by atoms with Gasteiger partial charge in [-0.05, 0) is 52.9 Å². The molecule has 2 fully saturated rings. The highest BCUT2D eigenvalue weighted by molar-refractivity contribution is 5.98. The molecule has 0 unspecified atom stereocenters. The Bertz CT molecular complexity index is 659. The van der Waals surface area contributed by atoms with Gasteiger partial charge in [-0.3, -0.25) is 9.48 Å². The second kappa shape index (κ2) is 5.90. The number of hydrogen-bond donors (Lipinski definition) is 1. The first-order chi connectivity index (χ1) is 11.2. The fourth-order valence-electron chi connectivity index (χ4n) is 4.41. The van der Waals surface area contributed by atoms with Crippen molar-refractivity contribution in [3.05, 3.63) is 17.5 Å². The normalized spacial score (nSPS) is 27.2. The number of carboxylic acid groups (broad SMARTS) is 1. The Morgan fingerprint density at radius 2 is 1.92 bits per heavy atom.